The first-order valence-corrected chi connectivity index (χ1v) is 5.66. The first-order valence-electron chi connectivity index (χ1n) is 4.78. The third kappa shape index (κ3) is 1.64. The van der Waals surface area contributed by atoms with Gasteiger partial charge in [0.25, 0.3) is 0 Å². The van der Waals surface area contributed by atoms with E-state index in [4.69, 9.17) is 10.8 Å². The molecular weight excluding hydrogens is 182 g/mol. The van der Waals surface area contributed by atoms with Crippen molar-refractivity contribution in [3.8, 4) is 0 Å². The monoisotopic (exact) mass is 197 g/mol. The summed E-state index contributed by atoms with van der Waals surface area (Å²) in [5.41, 5.74) is 8.43. The van der Waals surface area contributed by atoms with Crippen LogP contribution in [0.4, 0.5) is 0 Å². The van der Waals surface area contributed by atoms with Crippen LogP contribution in [-0.4, -0.2) is 11.7 Å². The predicted molar refractivity (Wildman–Crippen MR) is 55.0 cm³/mol. The number of rotatable bonds is 2. The molecule has 0 fully saturated rings. The molecule has 0 aliphatic heterocycles. The topological polar surface area (TPSA) is 46.2 Å². The van der Waals surface area contributed by atoms with E-state index in [2.05, 4.69) is 5.38 Å². The van der Waals surface area contributed by atoms with Crippen molar-refractivity contribution in [3.63, 3.8) is 0 Å². The Morgan fingerprint density at radius 1 is 1.46 bits per heavy atom. The van der Waals surface area contributed by atoms with E-state index in [0.29, 0.717) is 0 Å². The maximum atomic E-state index is 8.99. The maximum Gasteiger partial charge on any atom is 0.0624 e. The molecule has 0 amide bonds. The molecule has 0 spiro atoms. The predicted octanol–water partition coefficient (Wildman–Crippen LogP) is 1.62. The Labute approximate surface area is 82.4 Å². The van der Waals surface area contributed by atoms with Gasteiger partial charge >= 0.3 is 0 Å². The number of aliphatic hydroxyl groups excluding tert-OH is 1. The number of hydrogen-bond acceptors (Lipinski definition) is 3. The molecule has 2 rings (SSSR count). The number of fused-ring (bicyclic) bond motifs is 1. The normalized spacial score (nSPS) is 18.3. The average Bonchev–Trinajstić information content (AvgIpc) is 2.60. The average molecular weight is 197 g/mol. The molecule has 13 heavy (non-hydrogen) atoms. The highest BCUT2D eigenvalue weighted by molar-refractivity contribution is 7.10. The van der Waals surface area contributed by atoms with Crippen LogP contribution in [0.25, 0.3) is 0 Å². The second-order valence-electron chi connectivity index (χ2n) is 3.59. The van der Waals surface area contributed by atoms with Gasteiger partial charge < -0.3 is 10.8 Å². The Morgan fingerprint density at radius 3 is 3.00 bits per heavy atom. The minimum atomic E-state index is -0.168. The fourth-order valence-electron chi connectivity index (χ4n) is 1.93. The third-order valence-corrected chi connectivity index (χ3v) is 3.80. The molecule has 3 heteroatoms. The van der Waals surface area contributed by atoms with Crippen molar-refractivity contribution >= 4 is 11.3 Å². The molecule has 2 nitrogen and oxygen atoms in total. The summed E-state index contributed by atoms with van der Waals surface area (Å²) in [6.07, 6.45) is 4.94. The second-order valence-corrected chi connectivity index (χ2v) is 4.55. The van der Waals surface area contributed by atoms with Gasteiger partial charge in [-0.15, -0.1) is 11.3 Å². The molecule has 0 aromatic carbocycles. The lowest BCUT2D eigenvalue weighted by Crippen LogP contribution is -2.16. The lowest BCUT2D eigenvalue weighted by molar-refractivity contribution is 0.267. The van der Waals surface area contributed by atoms with E-state index in [1.54, 1.807) is 11.3 Å². The summed E-state index contributed by atoms with van der Waals surface area (Å²) in [5.74, 6) is 0. The number of aryl methyl sites for hydroxylation is 1. The van der Waals surface area contributed by atoms with Gasteiger partial charge in [0.15, 0.2) is 0 Å². The van der Waals surface area contributed by atoms with Crippen LogP contribution in [0.5, 0.6) is 0 Å². The SMILES string of the molecule is NC(CO)c1csc2c1CCCC2. The molecule has 0 saturated heterocycles. The smallest absolute Gasteiger partial charge is 0.0624 e. The van der Waals surface area contributed by atoms with E-state index in [9.17, 15) is 0 Å². The lowest BCUT2D eigenvalue weighted by Gasteiger charge is -2.15. The summed E-state index contributed by atoms with van der Waals surface area (Å²) in [6.45, 7) is 0.0587. The molecule has 3 N–H and O–H groups in total. The Hall–Kier alpha value is -0.380. The first-order chi connectivity index (χ1) is 6.33. The van der Waals surface area contributed by atoms with Gasteiger partial charge in [0.1, 0.15) is 0 Å². The summed E-state index contributed by atoms with van der Waals surface area (Å²) < 4.78 is 0. The minimum Gasteiger partial charge on any atom is -0.394 e. The summed E-state index contributed by atoms with van der Waals surface area (Å²) in [6, 6.07) is -0.168. The minimum absolute atomic E-state index is 0.0587. The molecule has 1 heterocycles. The van der Waals surface area contributed by atoms with Crippen molar-refractivity contribution in [2.45, 2.75) is 31.7 Å². The van der Waals surface area contributed by atoms with Gasteiger partial charge in [-0.2, -0.15) is 0 Å². The van der Waals surface area contributed by atoms with Gasteiger partial charge in [-0.3, -0.25) is 0 Å². The molecular formula is C10H15NOS. The summed E-state index contributed by atoms with van der Waals surface area (Å²) in [5, 5.41) is 11.1. The zero-order valence-corrected chi connectivity index (χ0v) is 8.44. The van der Waals surface area contributed by atoms with Crippen LogP contribution < -0.4 is 5.73 Å². The van der Waals surface area contributed by atoms with Crippen molar-refractivity contribution in [1.82, 2.24) is 0 Å². The zero-order chi connectivity index (χ0) is 9.26. The Kier molecular flexibility index (Phi) is 2.67. The van der Waals surface area contributed by atoms with Gasteiger partial charge in [0.05, 0.1) is 12.6 Å². The summed E-state index contributed by atoms with van der Waals surface area (Å²) in [4.78, 5) is 1.49. The molecule has 1 aliphatic carbocycles. The Balaban J connectivity index is 2.31. The highest BCUT2D eigenvalue weighted by Crippen LogP contribution is 2.32. The van der Waals surface area contributed by atoms with Crippen molar-refractivity contribution in [1.29, 1.82) is 0 Å². The number of aliphatic hydroxyl groups is 1. The van der Waals surface area contributed by atoms with Crippen molar-refractivity contribution in [2.24, 2.45) is 5.73 Å². The molecule has 0 bridgehead atoms. The van der Waals surface area contributed by atoms with Crippen LogP contribution in [0.15, 0.2) is 5.38 Å². The van der Waals surface area contributed by atoms with E-state index in [1.165, 1.54) is 35.3 Å². The van der Waals surface area contributed by atoms with Crippen LogP contribution in [0, 0.1) is 0 Å². The lowest BCUT2D eigenvalue weighted by atomic mass is 9.93. The molecule has 0 radical (unpaired) electrons. The van der Waals surface area contributed by atoms with Gasteiger partial charge in [0, 0.05) is 4.88 Å². The van der Waals surface area contributed by atoms with Gasteiger partial charge in [-0.1, -0.05) is 0 Å². The van der Waals surface area contributed by atoms with E-state index < -0.39 is 0 Å². The fraction of sp³-hybridized carbons (Fsp3) is 0.600. The van der Waals surface area contributed by atoms with E-state index in [1.807, 2.05) is 0 Å². The van der Waals surface area contributed by atoms with Gasteiger partial charge in [-0.05, 0) is 42.2 Å². The van der Waals surface area contributed by atoms with Crippen LogP contribution in [-0.2, 0) is 12.8 Å². The Bertz CT molecular complexity index is 295. The zero-order valence-electron chi connectivity index (χ0n) is 7.62. The quantitative estimate of drug-likeness (QED) is 0.756. The second kappa shape index (κ2) is 3.78. The van der Waals surface area contributed by atoms with Crippen molar-refractivity contribution in [3.05, 3.63) is 21.4 Å². The molecule has 1 aromatic rings. The number of hydrogen-bond donors (Lipinski definition) is 2. The highest BCUT2D eigenvalue weighted by atomic mass is 32.1. The fourth-order valence-corrected chi connectivity index (χ4v) is 3.14. The van der Waals surface area contributed by atoms with Crippen LogP contribution in [0.3, 0.4) is 0 Å². The number of thiophene rings is 1. The van der Waals surface area contributed by atoms with Crippen molar-refractivity contribution in [2.75, 3.05) is 6.61 Å². The molecule has 1 aliphatic rings. The van der Waals surface area contributed by atoms with Crippen LogP contribution in [0.2, 0.25) is 0 Å². The summed E-state index contributed by atoms with van der Waals surface area (Å²) in [7, 11) is 0. The van der Waals surface area contributed by atoms with Gasteiger partial charge in [0.2, 0.25) is 0 Å². The maximum absolute atomic E-state index is 8.99. The van der Waals surface area contributed by atoms with Crippen molar-refractivity contribution < 1.29 is 5.11 Å². The highest BCUT2D eigenvalue weighted by Gasteiger charge is 2.18. The molecule has 1 unspecified atom stereocenters. The molecule has 1 atom stereocenters. The van der Waals surface area contributed by atoms with Gasteiger partial charge in [-0.25, -0.2) is 0 Å². The first kappa shape index (κ1) is 9.19. The standard InChI is InChI=1S/C10H15NOS/c11-9(5-12)8-6-13-10-4-2-1-3-7(8)10/h6,9,12H,1-5,11H2. The van der Waals surface area contributed by atoms with E-state index in [0.717, 1.165) is 6.42 Å². The van der Waals surface area contributed by atoms with E-state index in [-0.39, 0.29) is 12.6 Å². The van der Waals surface area contributed by atoms with Crippen LogP contribution >= 0.6 is 11.3 Å². The Morgan fingerprint density at radius 2 is 2.23 bits per heavy atom. The van der Waals surface area contributed by atoms with E-state index >= 15 is 0 Å². The summed E-state index contributed by atoms with van der Waals surface area (Å²) >= 11 is 1.80. The molecule has 72 valence electrons. The largest absolute Gasteiger partial charge is 0.394 e. The molecule has 0 saturated carbocycles. The molecule has 1 aromatic heterocycles. The third-order valence-electron chi connectivity index (χ3n) is 2.69. The number of nitrogens with two attached hydrogens (primary N) is 1. The van der Waals surface area contributed by atoms with Crippen LogP contribution in [0.1, 0.15) is 34.9 Å².